The largest absolute Gasteiger partial charge is 0.441 e. The number of rotatable bonds is 6. The number of alkyl halides is 1. The SMILES string of the molecule is Cc1cn2c(Nc3cc([C@@H]4OC[C@H](OC(=O)NC(C)C)[C@H]4F)[nH]n3)nc(-c3ccccn3)cc2n1. The first-order valence-electron chi connectivity index (χ1n) is 11.2. The first-order chi connectivity index (χ1) is 16.9. The van der Waals surface area contributed by atoms with Gasteiger partial charge in [0.15, 0.2) is 18.1 Å². The Bertz CT molecular complexity index is 1340. The summed E-state index contributed by atoms with van der Waals surface area (Å²) >= 11 is 0. The summed E-state index contributed by atoms with van der Waals surface area (Å²) in [6.45, 7) is 5.42. The number of aryl methyl sites for hydroxylation is 1. The number of aromatic amines is 1. The predicted molar refractivity (Wildman–Crippen MR) is 125 cm³/mol. The molecule has 0 radical (unpaired) electrons. The summed E-state index contributed by atoms with van der Waals surface area (Å²) in [6.07, 6.45) is -0.634. The summed E-state index contributed by atoms with van der Waals surface area (Å²) in [5.74, 6) is 0.883. The van der Waals surface area contributed by atoms with Crippen molar-refractivity contribution in [1.29, 1.82) is 0 Å². The minimum Gasteiger partial charge on any atom is -0.441 e. The molecule has 1 saturated heterocycles. The van der Waals surface area contributed by atoms with E-state index in [4.69, 9.17) is 14.5 Å². The van der Waals surface area contributed by atoms with Crippen LogP contribution >= 0.6 is 0 Å². The Labute approximate surface area is 200 Å². The van der Waals surface area contributed by atoms with Crippen molar-refractivity contribution >= 4 is 23.5 Å². The highest BCUT2D eigenvalue weighted by molar-refractivity contribution is 5.68. The molecule has 0 bridgehead atoms. The van der Waals surface area contributed by atoms with Gasteiger partial charge in [-0.25, -0.2) is 19.2 Å². The number of nitrogens with one attached hydrogen (secondary N) is 3. The number of hydrogen-bond donors (Lipinski definition) is 3. The zero-order valence-corrected chi connectivity index (χ0v) is 19.4. The molecule has 182 valence electrons. The number of amides is 1. The number of imidazole rings is 1. The average molecular weight is 481 g/mol. The van der Waals surface area contributed by atoms with E-state index in [1.165, 1.54) is 0 Å². The summed E-state index contributed by atoms with van der Waals surface area (Å²) in [5.41, 5.74) is 3.27. The molecule has 4 aromatic heterocycles. The fourth-order valence-corrected chi connectivity index (χ4v) is 3.85. The fourth-order valence-electron chi connectivity index (χ4n) is 3.85. The summed E-state index contributed by atoms with van der Waals surface area (Å²) in [5, 5.41) is 12.8. The number of anilines is 2. The lowest BCUT2D eigenvalue weighted by Gasteiger charge is -2.16. The number of pyridine rings is 1. The molecule has 11 nitrogen and oxygen atoms in total. The third kappa shape index (κ3) is 4.78. The van der Waals surface area contributed by atoms with E-state index in [0.717, 1.165) is 5.69 Å². The molecule has 0 spiro atoms. The Morgan fingerprint density at radius 2 is 2.14 bits per heavy atom. The van der Waals surface area contributed by atoms with Crippen LogP contribution in [-0.4, -0.2) is 60.6 Å². The Hall–Kier alpha value is -4.06. The normalized spacial score (nSPS) is 19.9. The maximum absolute atomic E-state index is 15.0. The molecule has 1 amide bonds. The Morgan fingerprint density at radius 1 is 1.29 bits per heavy atom. The molecule has 12 heteroatoms. The number of halogens is 1. The van der Waals surface area contributed by atoms with Gasteiger partial charge in [0.2, 0.25) is 5.95 Å². The third-order valence-corrected chi connectivity index (χ3v) is 5.39. The van der Waals surface area contributed by atoms with E-state index in [1.54, 1.807) is 30.5 Å². The van der Waals surface area contributed by atoms with Crippen LogP contribution in [0.15, 0.2) is 42.7 Å². The van der Waals surface area contributed by atoms with Crippen molar-refractivity contribution in [3.8, 4) is 11.4 Å². The average Bonchev–Trinajstić information content (AvgIpc) is 3.52. The van der Waals surface area contributed by atoms with Gasteiger partial charge >= 0.3 is 6.09 Å². The molecule has 1 aliphatic heterocycles. The Morgan fingerprint density at radius 3 is 2.91 bits per heavy atom. The van der Waals surface area contributed by atoms with Crippen molar-refractivity contribution in [2.24, 2.45) is 0 Å². The number of ether oxygens (including phenoxy) is 2. The van der Waals surface area contributed by atoms with Crippen molar-refractivity contribution in [2.75, 3.05) is 11.9 Å². The van der Waals surface area contributed by atoms with Gasteiger partial charge in [-0.05, 0) is 32.9 Å². The van der Waals surface area contributed by atoms with Gasteiger partial charge in [0, 0.05) is 30.6 Å². The van der Waals surface area contributed by atoms with Gasteiger partial charge in [-0.3, -0.25) is 14.5 Å². The van der Waals surface area contributed by atoms with E-state index in [2.05, 4.69) is 30.8 Å². The van der Waals surface area contributed by atoms with E-state index in [1.807, 2.05) is 37.4 Å². The minimum atomic E-state index is -1.55. The molecule has 5 rings (SSSR count). The predicted octanol–water partition coefficient (Wildman–Crippen LogP) is 3.48. The van der Waals surface area contributed by atoms with Gasteiger partial charge in [-0.15, -0.1) is 0 Å². The van der Waals surface area contributed by atoms with Crippen LogP contribution in [0.4, 0.5) is 21.0 Å². The first-order valence-corrected chi connectivity index (χ1v) is 11.2. The van der Waals surface area contributed by atoms with Crippen molar-refractivity contribution in [1.82, 2.24) is 34.9 Å². The van der Waals surface area contributed by atoms with Crippen LogP contribution in [0, 0.1) is 6.92 Å². The Balaban J connectivity index is 1.36. The smallest absolute Gasteiger partial charge is 0.407 e. The number of H-pyrrole nitrogens is 1. The lowest BCUT2D eigenvalue weighted by molar-refractivity contribution is 0.0615. The number of fused-ring (bicyclic) bond motifs is 1. The second-order valence-electron chi connectivity index (χ2n) is 8.57. The molecule has 3 N–H and O–H groups in total. The van der Waals surface area contributed by atoms with Gasteiger partial charge in [0.25, 0.3) is 0 Å². The molecule has 1 aliphatic rings. The lowest BCUT2D eigenvalue weighted by atomic mass is 10.1. The van der Waals surface area contributed by atoms with Crippen LogP contribution in [0.2, 0.25) is 0 Å². The van der Waals surface area contributed by atoms with E-state index in [9.17, 15) is 9.18 Å². The topological polar surface area (TPSA) is 131 Å². The molecular formula is C23H25FN8O3. The second-order valence-corrected chi connectivity index (χ2v) is 8.57. The van der Waals surface area contributed by atoms with Crippen LogP contribution in [0.1, 0.15) is 31.3 Å². The van der Waals surface area contributed by atoms with Gasteiger partial charge < -0.3 is 20.1 Å². The standard InChI is InChI=1S/C23H25FN8O3/c1-12(2)26-23(33)35-17-11-34-21(20(17)24)16-8-18(31-30-16)29-22-28-15(14-6-4-5-7-25-14)9-19-27-13(3)10-32(19)22/h4-10,12,17,20-21H,11H2,1-3H3,(H,26,33)(H2,28,29,30,31)/t17-,20+,21-/m0/s1. The van der Waals surface area contributed by atoms with E-state index in [0.29, 0.717) is 34.5 Å². The van der Waals surface area contributed by atoms with Crippen molar-refractivity contribution in [3.63, 3.8) is 0 Å². The maximum atomic E-state index is 15.0. The zero-order valence-electron chi connectivity index (χ0n) is 19.4. The van der Waals surface area contributed by atoms with Crippen LogP contribution in [0.3, 0.4) is 0 Å². The molecule has 0 aliphatic carbocycles. The van der Waals surface area contributed by atoms with Crippen LogP contribution in [-0.2, 0) is 9.47 Å². The van der Waals surface area contributed by atoms with Gasteiger partial charge in [-0.2, -0.15) is 5.10 Å². The van der Waals surface area contributed by atoms with Gasteiger partial charge in [0.05, 0.1) is 29.4 Å². The fraction of sp³-hybridized carbons (Fsp3) is 0.348. The highest BCUT2D eigenvalue weighted by Gasteiger charge is 2.42. The quantitative estimate of drug-likeness (QED) is 0.382. The van der Waals surface area contributed by atoms with Crippen molar-refractivity contribution < 1.29 is 18.7 Å². The monoisotopic (exact) mass is 480 g/mol. The first kappa shape index (κ1) is 22.7. The maximum Gasteiger partial charge on any atom is 0.407 e. The molecule has 1 fully saturated rings. The number of aromatic nitrogens is 6. The highest BCUT2D eigenvalue weighted by atomic mass is 19.1. The minimum absolute atomic E-state index is 0.0538. The van der Waals surface area contributed by atoms with E-state index < -0.39 is 24.5 Å². The summed E-state index contributed by atoms with van der Waals surface area (Å²) in [7, 11) is 0. The molecule has 0 unspecified atom stereocenters. The number of hydrogen-bond acceptors (Lipinski definition) is 8. The number of carbonyl (C=O) groups excluding carboxylic acids is 1. The number of carbonyl (C=O) groups is 1. The number of alkyl carbamates (subject to hydrolysis) is 1. The summed E-state index contributed by atoms with van der Waals surface area (Å²) in [4.78, 5) is 25.4. The molecule has 5 heterocycles. The summed E-state index contributed by atoms with van der Waals surface area (Å²) in [6, 6.07) is 8.96. The molecule has 35 heavy (non-hydrogen) atoms. The van der Waals surface area contributed by atoms with E-state index in [-0.39, 0.29) is 12.6 Å². The lowest BCUT2D eigenvalue weighted by Crippen LogP contribution is -2.36. The van der Waals surface area contributed by atoms with Gasteiger partial charge in [0.1, 0.15) is 11.8 Å². The summed E-state index contributed by atoms with van der Waals surface area (Å²) < 4.78 is 27.5. The van der Waals surface area contributed by atoms with E-state index >= 15 is 0 Å². The zero-order chi connectivity index (χ0) is 24.5. The van der Waals surface area contributed by atoms with Crippen LogP contribution in [0.25, 0.3) is 17.0 Å². The van der Waals surface area contributed by atoms with Crippen molar-refractivity contribution in [3.05, 3.63) is 54.1 Å². The van der Waals surface area contributed by atoms with Gasteiger partial charge in [-0.1, -0.05) is 6.07 Å². The third-order valence-electron chi connectivity index (χ3n) is 5.39. The Kier molecular flexibility index (Phi) is 6.03. The molecular weight excluding hydrogens is 455 g/mol. The van der Waals surface area contributed by atoms with Crippen LogP contribution in [0.5, 0.6) is 0 Å². The highest BCUT2D eigenvalue weighted by Crippen LogP contribution is 2.33. The number of nitrogens with zero attached hydrogens (tertiary/aromatic N) is 5. The molecule has 0 saturated carbocycles. The van der Waals surface area contributed by atoms with Crippen molar-refractivity contribution in [2.45, 2.75) is 45.2 Å². The molecule has 4 aromatic rings. The second kappa shape index (κ2) is 9.29. The molecule has 3 atom stereocenters. The van der Waals surface area contributed by atoms with Crippen LogP contribution < -0.4 is 10.6 Å². The molecule has 0 aromatic carbocycles.